The Balaban J connectivity index is 1.45. The molecular formula is C19H16N6O2S2. The smallest absolute Gasteiger partial charge is 0.355 e. The average molecular weight is 425 g/mol. The maximum atomic E-state index is 11.1. The summed E-state index contributed by atoms with van der Waals surface area (Å²) in [7, 11) is 1.81. The monoisotopic (exact) mass is 424 g/mol. The van der Waals surface area contributed by atoms with E-state index in [4.69, 9.17) is 5.11 Å². The molecule has 146 valence electrons. The summed E-state index contributed by atoms with van der Waals surface area (Å²) in [5.74, 6) is 0.753. The van der Waals surface area contributed by atoms with Crippen molar-refractivity contribution in [3.05, 3.63) is 47.0 Å². The minimum atomic E-state index is -1.04. The van der Waals surface area contributed by atoms with Crippen LogP contribution in [-0.4, -0.2) is 38.3 Å². The van der Waals surface area contributed by atoms with Crippen LogP contribution >= 0.6 is 22.7 Å². The molecule has 5 rings (SSSR count). The van der Waals surface area contributed by atoms with Crippen LogP contribution in [0, 0.1) is 0 Å². The molecule has 0 unspecified atom stereocenters. The maximum Gasteiger partial charge on any atom is 0.355 e. The van der Waals surface area contributed by atoms with Crippen molar-refractivity contribution in [1.82, 2.24) is 20.2 Å². The summed E-state index contributed by atoms with van der Waals surface area (Å²) in [6.07, 6.45) is 2.23. The van der Waals surface area contributed by atoms with Gasteiger partial charge >= 0.3 is 5.97 Å². The molecule has 1 fully saturated rings. The first-order valence-electron chi connectivity index (χ1n) is 9.01. The maximum absolute atomic E-state index is 11.1. The first kappa shape index (κ1) is 18.0. The molecule has 8 nitrogen and oxygen atoms in total. The first-order valence-corrected chi connectivity index (χ1v) is 10.7. The summed E-state index contributed by atoms with van der Waals surface area (Å²) >= 11 is 2.84. The van der Waals surface area contributed by atoms with Gasteiger partial charge in [0.2, 0.25) is 0 Å². The number of rotatable bonds is 6. The largest absolute Gasteiger partial charge is 0.476 e. The van der Waals surface area contributed by atoms with Gasteiger partial charge in [0.05, 0.1) is 10.2 Å². The van der Waals surface area contributed by atoms with Gasteiger partial charge < -0.3 is 15.3 Å². The molecule has 0 aliphatic heterocycles. The third kappa shape index (κ3) is 3.52. The van der Waals surface area contributed by atoms with Gasteiger partial charge in [-0.25, -0.2) is 14.8 Å². The minimum absolute atomic E-state index is 0.0290. The number of para-hydroxylation sites is 1. The minimum Gasteiger partial charge on any atom is -0.476 e. The van der Waals surface area contributed by atoms with Crippen LogP contribution in [0.1, 0.15) is 34.8 Å². The molecule has 1 aliphatic rings. The van der Waals surface area contributed by atoms with Crippen molar-refractivity contribution in [2.75, 3.05) is 17.3 Å². The second kappa shape index (κ2) is 7.05. The van der Waals surface area contributed by atoms with Crippen LogP contribution in [0.4, 0.5) is 21.9 Å². The van der Waals surface area contributed by atoms with Crippen molar-refractivity contribution in [3.63, 3.8) is 0 Å². The van der Waals surface area contributed by atoms with Crippen LogP contribution in [0.15, 0.2) is 35.7 Å². The summed E-state index contributed by atoms with van der Waals surface area (Å²) < 4.78 is 1.12. The Morgan fingerprint density at radius 2 is 2.07 bits per heavy atom. The van der Waals surface area contributed by atoms with Crippen LogP contribution in [-0.2, 0) is 0 Å². The second-order valence-corrected chi connectivity index (χ2v) is 8.64. The van der Waals surface area contributed by atoms with Gasteiger partial charge in [-0.1, -0.05) is 23.5 Å². The van der Waals surface area contributed by atoms with Gasteiger partial charge in [-0.3, -0.25) is 0 Å². The molecule has 10 heteroatoms. The highest BCUT2D eigenvalue weighted by atomic mass is 32.1. The zero-order valence-corrected chi connectivity index (χ0v) is 17.0. The average Bonchev–Trinajstić information content (AvgIpc) is 3.29. The van der Waals surface area contributed by atoms with Gasteiger partial charge in [0.25, 0.3) is 0 Å². The van der Waals surface area contributed by atoms with Crippen molar-refractivity contribution in [3.8, 4) is 0 Å². The number of carbonyl (C=O) groups is 1. The third-order valence-corrected chi connectivity index (χ3v) is 6.56. The molecule has 0 bridgehead atoms. The first-order chi connectivity index (χ1) is 14.1. The number of nitrogens with one attached hydrogen (secondary N) is 1. The van der Waals surface area contributed by atoms with E-state index in [9.17, 15) is 4.79 Å². The molecule has 4 aromatic rings. The van der Waals surface area contributed by atoms with E-state index in [1.807, 2.05) is 37.4 Å². The number of aromatic nitrogens is 4. The zero-order valence-electron chi connectivity index (χ0n) is 15.4. The van der Waals surface area contributed by atoms with Crippen molar-refractivity contribution in [1.29, 1.82) is 0 Å². The molecule has 0 amide bonds. The van der Waals surface area contributed by atoms with Crippen LogP contribution in [0.25, 0.3) is 10.2 Å². The lowest BCUT2D eigenvalue weighted by Gasteiger charge is -2.16. The van der Waals surface area contributed by atoms with E-state index < -0.39 is 5.97 Å². The zero-order chi connectivity index (χ0) is 20.0. The standard InChI is InChI=1S/C19H16N6O2S2/c1-25(19-21-13(9-28-19)17(26)27)15-8-11(10-6-7-10)16(24-23-15)22-18-20-12-4-2-3-5-14(12)29-18/h2-5,8-10H,6-7H2,1H3,(H,26,27)(H,20,22,24). The molecule has 1 aromatic carbocycles. The van der Waals surface area contributed by atoms with Gasteiger partial charge in [0.15, 0.2) is 27.6 Å². The molecule has 0 atom stereocenters. The highest BCUT2D eigenvalue weighted by molar-refractivity contribution is 7.22. The molecule has 3 heterocycles. The van der Waals surface area contributed by atoms with E-state index in [0.717, 1.165) is 33.8 Å². The Hall–Kier alpha value is -3.11. The Labute approximate surface area is 173 Å². The number of carboxylic acids is 1. The lowest BCUT2D eigenvalue weighted by Crippen LogP contribution is -2.13. The highest BCUT2D eigenvalue weighted by Gasteiger charge is 2.29. The molecule has 0 radical (unpaired) electrons. The van der Waals surface area contributed by atoms with E-state index in [1.54, 1.807) is 16.2 Å². The Kier molecular flexibility index (Phi) is 4.36. The Bertz CT molecular complexity index is 1180. The predicted octanol–water partition coefficient (Wildman–Crippen LogP) is 4.63. The van der Waals surface area contributed by atoms with Gasteiger partial charge in [-0.15, -0.1) is 21.5 Å². The van der Waals surface area contributed by atoms with Gasteiger partial charge in [0.1, 0.15) is 0 Å². The van der Waals surface area contributed by atoms with Crippen molar-refractivity contribution >= 4 is 60.8 Å². The summed E-state index contributed by atoms with van der Waals surface area (Å²) in [5.41, 5.74) is 2.08. The number of hydrogen-bond donors (Lipinski definition) is 2. The molecule has 29 heavy (non-hydrogen) atoms. The molecule has 1 aliphatic carbocycles. The number of fused-ring (bicyclic) bond motifs is 1. The van der Waals surface area contributed by atoms with Crippen LogP contribution in [0.3, 0.4) is 0 Å². The molecular weight excluding hydrogens is 408 g/mol. The SMILES string of the molecule is CN(c1cc(C2CC2)c(Nc2nc3ccccc3s2)nn1)c1nc(C(=O)O)cs1. The van der Waals surface area contributed by atoms with Crippen molar-refractivity contribution < 1.29 is 9.90 Å². The number of hydrogen-bond acceptors (Lipinski definition) is 9. The topological polar surface area (TPSA) is 104 Å². The molecule has 2 N–H and O–H groups in total. The fraction of sp³-hybridized carbons (Fsp3) is 0.211. The lowest BCUT2D eigenvalue weighted by atomic mass is 10.2. The fourth-order valence-corrected chi connectivity index (χ4v) is 4.64. The van der Waals surface area contributed by atoms with Gasteiger partial charge in [-0.05, 0) is 37.0 Å². The van der Waals surface area contributed by atoms with Crippen molar-refractivity contribution in [2.24, 2.45) is 0 Å². The summed E-state index contributed by atoms with van der Waals surface area (Å²) in [6.45, 7) is 0. The summed E-state index contributed by atoms with van der Waals surface area (Å²) in [6, 6.07) is 10.0. The van der Waals surface area contributed by atoms with E-state index in [-0.39, 0.29) is 5.69 Å². The molecule has 0 spiro atoms. The predicted molar refractivity (Wildman–Crippen MR) is 114 cm³/mol. The number of thiazole rings is 2. The second-order valence-electron chi connectivity index (χ2n) is 6.77. The van der Waals surface area contributed by atoms with E-state index in [1.165, 1.54) is 16.7 Å². The molecule has 1 saturated carbocycles. The summed E-state index contributed by atoms with van der Waals surface area (Å²) in [4.78, 5) is 21.6. The molecule has 0 saturated heterocycles. The van der Waals surface area contributed by atoms with Crippen molar-refractivity contribution in [2.45, 2.75) is 18.8 Å². The number of anilines is 4. The van der Waals surface area contributed by atoms with Crippen LogP contribution in [0.5, 0.6) is 0 Å². The quantitative estimate of drug-likeness (QED) is 0.462. The summed E-state index contributed by atoms with van der Waals surface area (Å²) in [5, 5.41) is 24.0. The number of benzene rings is 1. The Morgan fingerprint density at radius 3 is 2.79 bits per heavy atom. The van der Waals surface area contributed by atoms with E-state index in [0.29, 0.717) is 22.7 Å². The number of nitrogens with zero attached hydrogens (tertiary/aromatic N) is 5. The van der Waals surface area contributed by atoms with Crippen LogP contribution < -0.4 is 10.2 Å². The van der Waals surface area contributed by atoms with E-state index >= 15 is 0 Å². The third-order valence-electron chi connectivity index (χ3n) is 4.69. The normalized spacial score (nSPS) is 13.6. The number of carboxylic acid groups (broad SMARTS) is 1. The highest BCUT2D eigenvalue weighted by Crippen LogP contribution is 2.44. The van der Waals surface area contributed by atoms with Gasteiger partial charge in [-0.2, -0.15) is 0 Å². The number of aromatic carboxylic acids is 1. The van der Waals surface area contributed by atoms with E-state index in [2.05, 4.69) is 25.5 Å². The van der Waals surface area contributed by atoms with Gasteiger partial charge in [0, 0.05) is 18.0 Å². The Morgan fingerprint density at radius 1 is 1.24 bits per heavy atom. The van der Waals surface area contributed by atoms with Crippen LogP contribution in [0.2, 0.25) is 0 Å². The molecule has 3 aromatic heterocycles. The lowest BCUT2D eigenvalue weighted by molar-refractivity contribution is 0.0691. The fourth-order valence-electron chi connectivity index (χ4n) is 3.00.